The van der Waals surface area contributed by atoms with Gasteiger partial charge < -0.3 is 21.5 Å². The highest BCUT2D eigenvalue weighted by atomic mass is 16.4. The molecule has 0 aliphatic heterocycles. The molecule has 1 aromatic carbocycles. The van der Waals surface area contributed by atoms with Crippen molar-refractivity contribution >= 4 is 11.9 Å². The maximum absolute atomic E-state index is 12.3. The number of carbonyl (C=O) groups excluding carboxylic acids is 1. The van der Waals surface area contributed by atoms with E-state index in [2.05, 4.69) is 10.6 Å². The van der Waals surface area contributed by atoms with Gasteiger partial charge in [-0.05, 0) is 44.8 Å². The summed E-state index contributed by atoms with van der Waals surface area (Å²) in [5.74, 6) is -1.31. The third-order valence-electron chi connectivity index (χ3n) is 3.51. The molecule has 6 nitrogen and oxygen atoms in total. The second kappa shape index (κ2) is 9.92. The predicted molar refractivity (Wildman–Crippen MR) is 85.5 cm³/mol. The van der Waals surface area contributed by atoms with Crippen LogP contribution in [-0.4, -0.2) is 42.7 Å². The molecule has 6 heteroatoms. The number of carboxylic acid groups (broad SMARTS) is 1. The van der Waals surface area contributed by atoms with Gasteiger partial charge in [0.25, 0.3) is 0 Å². The van der Waals surface area contributed by atoms with E-state index in [-0.39, 0.29) is 5.91 Å². The lowest BCUT2D eigenvalue weighted by molar-refractivity contribution is -0.142. The Kier molecular flexibility index (Phi) is 8.17. The number of hydrogen-bond acceptors (Lipinski definition) is 4. The summed E-state index contributed by atoms with van der Waals surface area (Å²) in [5.41, 5.74) is 6.42. The monoisotopic (exact) mass is 307 g/mol. The normalized spacial score (nSPS) is 13.4. The van der Waals surface area contributed by atoms with Gasteiger partial charge in [0.15, 0.2) is 0 Å². The number of hydrogen-bond donors (Lipinski definition) is 4. The van der Waals surface area contributed by atoms with E-state index in [1.165, 1.54) is 0 Å². The number of carbonyl (C=O) groups is 2. The summed E-state index contributed by atoms with van der Waals surface area (Å²) in [6.07, 6.45) is 2.33. The molecule has 1 amide bonds. The number of nitrogens with two attached hydrogens (primary N) is 1. The van der Waals surface area contributed by atoms with Crippen molar-refractivity contribution in [1.29, 1.82) is 0 Å². The number of aliphatic carboxylic acids is 1. The second-order valence-electron chi connectivity index (χ2n) is 5.21. The van der Waals surface area contributed by atoms with Gasteiger partial charge in [0.2, 0.25) is 5.91 Å². The van der Waals surface area contributed by atoms with Crippen LogP contribution in [0.1, 0.15) is 24.8 Å². The molecule has 0 spiro atoms. The molecule has 22 heavy (non-hydrogen) atoms. The van der Waals surface area contributed by atoms with Crippen LogP contribution < -0.4 is 16.4 Å². The minimum Gasteiger partial charge on any atom is -0.480 e. The van der Waals surface area contributed by atoms with Crippen molar-refractivity contribution in [2.24, 2.45) is 5.73 Å². The fourth-order valence-electron chi connectivity index (χ4n) is 2.20. The summed E-state index contributed by atoms with van der Waals surface area (Å²) in [4.78, 5) is 23.5. The Morgan fingerprint density at radius 1 is 1.18 bits per heavy atom. The zero-order chi connectivity index (χ0) is 16.4. The predicted octanol–water partition coefficient (Wildman–Crippen LogP) is 0.516. The molecule has 0 bridgehead atoms. The summed E-state index contributed by atoms with van der Waals surface area (Å²) in [5, 5.41) is 14.7. The van der Waals surface area contributed by atoms with Crippen molar-refractivity contribution in [1.82, 2.24) is 10.6 Å². The number of carboxylic acids is 1. The molecule has 0 radical (unpaired) electrons. The Bertz CT molecular complexity index is 465. The standard InChI is InChI=1S/C16H25N3O3/c1-18-14(11-12-7-3-2-4-8-12)15(20)19-13(16(21)22)9-5-6-10-17/h2-4,7-8,13-14,18H,5-6,9-11,17H2,1H3,(H,19,20)(H,21,22)/t13-,14-/m0/s1. The lowest BCUT2D eigenvalue weighted by atomic mass is 10.0. The number of amides is 1. The average Bonchev–Trinajstić information content (AvgIpc) is 2.52. The van der Waals surface area contributed by atoms with Crippen molar-refractivity contribution < 1.29 is 14.7 Å². The van der Waals surface area contributed by atoms with E-state index in [0.29, 0.717) is 25.8 Å². The Morgan fingerprint density at radius 3 is 2.41 bits per heavy atom. The van der Waals surface area contributed by atoms with Crippen LogP contribution in [-0.2, 0) is 16.0 Å². The molecule has 0 unspecified atom stereocenters. The van der Waals surface area contributed by atoms with Gasteiger partial charge in [-0.15, -0.1) is 0 Å². The van der Waals surface area contributed by atoms with Gasteiger partial charge in [0.05, 0.1) is 6.04 Å². The van der Waals surface area contributed by atoms with Crippen LogP contribution in [0.2, 0.25) is 0 Å². The molecular formula is C16H25N3O3. The average molecular weight is 307 g/mol. The van der Waals surface area contributed by atoms with Crippen molar-refractivity contribution in [3.05, 3.63) is 35.9 Å². The van der Waals surface area contributed by atoms with Crippen LogP contribution >= 0.6 is 0 Å². The first-order valence-electron chi connectivity index (χ1n) is 7.53. The first-order valence-corrected chi connectivity index (χ1v) is 7.53. The summed E-state index contributed by atoms with van der Waals surface area (Å²) >= 11 is 0. The highest BCUT2D eigenvalue weighted by Gasteiger charge is 2.24. The van der Waals surface area contributed by atoms with Crippen LogP contribution in [0.3, 0.4) is 0 Å². The number of unbranched alkanes of at least 4 members (excludes halogenated alkanes) is 1. The molecule has 0 saturated heterocycles. The molecular weight excluding hydrogens is 282 g/mol. The highest BCUT2D eigenvalue weighted by molar-refractivity contribution is 5.87. The molecule has 0 aliphatic rings. The summed E-state index contributed by atoms with van der Waals surface area (Å²) in [7, 11) is 1.69. The molecule has 122 valence electrons. The molecule has 0 heterocycles. The Labute approximate surface area is 131 Å². The lowest BCUT2D eigenvalue weighted by Crippen LogP contribution is -2.50. The first-order chi connectivity index (χ1) is 10.6. The van der Waals surface area contributed by atoms with Crippen molar-refractivity contribution in [3.63, 3.8) is 0 Å². The maximum atomic E-state index is 12.3. The van der Waals surface area contributed by atoms with E-state index < -0.39 is 18.1 Å². The lowest BCUT2D eigenvalue weighted by Gasteiger charge is -2.20. The Hall–Kier alpha value is -1.92. The summed E-state index contributed by atoms with van der Waals surface area (Å²) in [6.45, 7) is 0.521. The van der Waals surface area contributed by atoms with Gasteiger partial charge >= 0.3 is 5.97 Å². The third kappa shape index (κ3) is 6.24. The van der Waals surface area contributed by atoms with Crippen LogP contribution in [0.5, 0.6) is 0 Å². The molecule has 0 saturated carbocycles. The maximum Gasteiger partial charge on any atom is 0.326 e. The number of nitrogens with one attached hydrogen (secondary N) is 2. The summed E-state index contributed by atoms with van der Waals surface area (Å²) in [6, 6.07) is 8.28. The SMILES string of the molecule is CN[C@@H](Cc1ccccc1)C(=O)N[C@@H](CCCCN)C(=O)O. The molecule has 1 aromatic rings. The third-order valence-corrected chi connectivity index (χ3v) is 3.51. The fourth-order valence-corrected chi connectivity index (χ4v) is 2.20. The van der Waals surface area contributed by atoms with E-state index in [1.807, 2.05) is 30.3 Å². The zero-order valence-electron chi connectivity index (χ0n) is 12.9. The van der Waals surface area contributed by atoms with E-state index in [9.17, 15) is 14.7 Å². The van der Waals surface area contributed by atoms with E-state index >= 15 is 0 Å². The largest absolute Gasteiger partial charge is 0.480 e. The van der Waals surface area contributed by atoms with Crippen molar-refractivity contribution in [2.45, 2.75) is 37.8 Å². The van der Waals surface area contributed by atoms with Crippen LogP contribution in [0.4, 0.5) is 0 Å². The molecule has 0 aromatic heterocycles. The minimum absolute atomic E-state index is 0.300. The molecule has 2 atom stereocenters. The molecule has 0 fully saturated rings. The van der Waals surface area contributed by atoms with Crippen molar-refractivity contribution in [2.75, 3.05) is 13.6 Å². The van der Waals surface area contributed by atoms with E-state index in [4.69, 9.17) is 5.73 Å². The Morgan fingerprint density at radius 2 is 1.86 bits per heavy atom. The van der Waals surface area contributed by atoms with Gasteiger partial charge in [0.1, 0.15) is 6.04 Å². The second-order valence-corrected chi connectivity index (χ2v) is 5.21. The number of benzene rings is 1. The first kappa shape index (κ1) is 18.1. The van der Waals surface area contributed by atoms with E-state index in [0.717, 1.165) is 12.0 Å². The topological polar surface area (TPSA) is 104 Å². The van der Waals surface area contributed by atoms with Gasteiger partial charge in [-0.3, -0.25) is 4.79 Å². The van der Waals surface area contributed by atoms with Gasteiger partial charge in [0, 0.05) is 0 Å². The van der Waals surface area contributed by atoms with Gasteiger partial charge in [-0.2, -0.15) is 0 Å². The smallest absolute Gasteiger partial charge is 0.326 e. The summed E-state index contributed by atoms with van der Waals surface area (Å²) < 4.78 is 0. The molecule has 1 rings (SSSR count). The van der Waals surface area contributed by atoms with Crippen LogP contribution in [0.15, 0.2) is 30.3 Å². The minimum atomic E-state index is -1.01. The quantitative estimate of drug-likeness (QED) is 0.472. The van der Waals surface area contributed by atoms with Gasteiger partial charge in [-0.1, -0.05) is 30.3 Å². The van der Waals surface area contributed by atoms with E-state index in [1.54, 1.807) is 7.05 Å². The number of rotatable bonds is 10. The van der Waals surface area contributed by atoms with Crippen LogP contribution in [0.25, 0.3) is 0 Å². The zero-order valence-corrected chi connectivity index (χ0v) is 12.9. The van der Waals surface area contributed by atoms with Crippen molar-refractivity contribution in [3.8, 4) is 0 Å². The highest BCUT2D eigenvalue weighted by Crippen LogP contribution is 2.05. The Balaban J connectivity index is 2.59. The fraction of sp³-hybridized carbons (Fsp3) is 0.500. The molecule has 0 aliphatic carbocycles. The van der Waals surface area contributed by atoms with Crippen LogP contribution in [0, 0.1) is 0 Å². The van der Waals surface area contributed by atoms with Gasteiger partial charge in [-0.25, -0.2) is 4.79 Å². The number of likely N-dealkylation sites (N-methyl/N-ethyl adjacent to an activating group) is 1. The molecule has 5 N–H and O–H groups in total.